The predicted octanol–water partition coefficient (Wildman–Crippen LogP) is 2.68. The van der Waals surface area contributed by atoms with Gasteiger partial charge in [-0.3, -0.25) is 9.59 Å². The van der Waals surface area contributed by atoms with Crippen LogP contribution in [0.4, 0.5) is 5.13 Å². The van der Waals surface area contributed by atoms with Crippen LogP contribution in [0.5, 0.6) is 0 Å². The number of rotatable bonds is 13. The molecule has 1 amide bonds. The van der Waals surface area contributed by atoms with Crippen LogP contribution >= 0.6 is 22.9 Å². The number of halogens is 1. The van der Waals surface area contributed by atoms with Gasteiger partial charge in [0.2, 0.25) is 5.78 Å². The van der Waals surface area contributed by atoms with Crippen molar-refractivity contribution in [3.63, 3.8) is 0 Å². The van der Waals surface area contributed by atoms with E-state index in [2.05, 4.69) is 20.3 Å². The van der Waals surface area contributed by atoms with Gasteiger partial charge in [0.05, 0.1) is 24.1 Å². The Morgan fingerprint density at radius 2 is 2.05 bits per heavy atom. The number of thiazole rings is 1. The summed E-state index contributed by atoms with van der Waals surface area (Å²) in [6, 6.07) is 0. The molecule has 202 valence electrons. The third-order valence-corrected chi connectivity index (χ3v) is 7.31. The zero-order valence-corrected chi connectivity index (χ0v) is 22.5. The van der Waals surface area contributed by atoms with Crippen LogP contribution in [0, 0.1) is 11.3 Å². The molecule has 4 N–H and O–H groups in total. The third kappa shape index (κ3) is 6.72. The number of carboxylic acids is 1. The van der Waals surface area contributed by atoms with Gasteiger partial charge < -0.3 is 35.2 Å². The van der Waals surface area contributed by atoms with Gasteiger partial charge in [-0.05, 0) is 19.3 Å². The molecule has 1 saturated heterocycles. The molecule has 0 aromatic carbocycles. The molecule has 1 unspecified atom stereocenters. The molecule has 3 heterocycles. The van der Waals surface area contributed by atoms with E-state index < -0.39 is 29.7 Å². The number of methoxy groups -OCH3 is 1. The Labute approximate surface area is 223 Å². The molecule has 1 aliphatic rings. The summed E-state index contributed by atoms with van der Waals surface area (Å²) in [5.41, 5.74) is 0.338. The van der Waals surface area contributed by atoms with E-state index in [4.69, 9.17) is 26.5 Å². The SMILES string of the molecule is CCCO[C@H]1CN(c2nc(C(=O)NCCOC)c(C(=O)O)s2)CCC1C(=N)C(=O)c1nc(Cl)c(CC)[nH]1. The highest BCUT2D eigenvalue weighted by atomic mass is 35.5. The second-order valence-electron chi connectivity index (χ2n) is 8.43. The highest BCUT2D eigenvalue weighted by Gasteiger charge is 2.38. The topological polar surface area (TPSA) is 171 Å². The lowest BCUT2D eigenvalue weighted by atomic mass is 9.87. The van der Waals surface area contributed by atoms with Crippen LogP contribution in [0.1, 0.15) is 63.2 Å². The van der Waals surface area contributed by atoms with Crippen molar-refractivity contribution >= 4 is 51.4 Å². The summed E-state index contributed by atoms with van der Waals surface area (Å²) in [4.78, 5) is 50.3. The average molecular weight is 555 g/mol. The minimum Gasteiger partial charge on any atom is -0.477 e. The fraction of sp³-hybridized carbons (Fsp3) is 0.565. The van der Waals surface area contributed by atoms with Crippen molar-refractivity contribution in [1.29, 1.82) is 5.41 Å². The van der Waals surface area contributed by atoms with Crippen molar-refractivity contribution in [1.82, 2.24) is 20.3 Å². The van der Waals surface area contributed by atoms with E-state index in [9.17, 15) is 19.5 Å². The number of Topliss-reactive ketones (excluding diaryl/α,β-unsaturated/α-hetero) is 1. The molecular formula is C23H31ClN6O6S. The number of ketones is 1. The van der Waals surface area contributed by atoms with Gasteiger partial charge in [-0.25, -0.2) is 14.8 Å². The van der Waals surface area contributed by atoms with Gasteiger partial charge in [0.1, 0.15) is 4.88 Å². The fourth-order valence-corrected chi connectivity index (χ4v) is 5.18. The molecule has 37 heavy (non-hydrogen) atoms. The largest absolute Gasteiger partial charge is 0.477 e. The summed E-state index contributed by atoms with van der Waals surface area (Å²) in [5, 5.41) is 21.4. The van der Waals surface area contributed by atoms with Crippen LogP contribution in [-0.4, -0.2) is 89.5 Å². The maximum absolute atomic E-state index is 13.0. The number of carboxylic acid groups (broad SMARTS) is 1. The van der Waals surface area contributed by atoms with Crippen molar-refractivity contribution in [2.24, 2.45) is 5.92 Å². The number of nitrogens with one attached hydrogen (secondary N) is 3. The standard InChI is InChI=1S/C23H31ClN6O6S/c1-4-9-36-14-11-30(23-28-16(18(37-23)22(33)34)21(32)26-7-10-35-3)8-6-12(14)15(25)17(31)20-27-13(5-2)19(24)29-20/h12,14,25H,4-11H2,1-3H3,(H,26,32)(H,27,29)(H,33,34)/t12?,14-/m0/s1. The molecule has 0 spiro atoms. The Hall–Kier alpha value is -2.87. The molecule has 2 aromatic heterocycles. The average Bonchev–Trinajstić information content (AvgIpc) is 3.50. The highest BCUT2D eigenvalue weighted by molar-refractivity contribution is 7.17. The fourth-order valence-electron chi connectivity index (χ4n) is 3.98. The smallest absolute Gasteiger partial charge is 0.348 e. The lowest BCUT2D eigenvalue weighted by Gasteiger charge is -2.38. The molecule has 1 aliphatic heterocycles. The Morgan fingerprint density at radius 3 is 2.68 bits per heavy atom. The van der Waals surface area contributed by atoms with Gasteiger partial charge in [0.15, 0.2) is 21.8 Å². The van der Waals surface area contributed by atoms with E-state index in [1.807, 2.05) is 18.7 Å². The van der Waals surface area contributed by atoms with Crippen molar-refractivity contribution < 1.29 is 29.0 Å². The summed E-state index contributed by atoms with van der Waals surface area (Å²) >= 11 is 6.98. The number of ether oxygens (including phenoxy) is 2. The number of aryl methyl sites for hydroxylation is 1. The quantitative estimate of drug-likeness (QED) is 0.165. The maximum Gasteiger partial charge on any atom is 0.348 e. The summed E-state index contributed by atoms with van der Waals surface area (Å²) in [7, 11) is 1.50. The van der Waals surface area contributed by atoms with Gasteiger partial charge in [-0.2, -0.15) is 0 Å². The summed E-state index contributed by atoms with van der Waals surface area (Å²) in [6.07, 6.45) is 1.19. The minimum atomic E-state index is -1.25. The molecule has 0 radical (unpaired) electrons. The number of carbonyl (C=O) groups excluding carboxylic acids is 2. The van der Waals surface area contributed by atoms with Crippen LogP contribution < -0.4 is 10.2 Å². The van der Waals surface area contributed by atoms with E-state index in [0.717, 1.165) is 17.8 Å². The van der Waals surface area contributed by atoms with Gasteiger partial charge >= 0.3 is 5.97 Å². The first-order chi connectivity index (χ1) is 17.7. The monoisotopic (exact) mass is 554 g/mol. The van der Waals surface area contributed by atoms with E-state index >= 15 is 0 Å². The lowest BCUT2D eigenvalue weighted by Crippen LogP contribution is -2.49. The molecule has 0 aliphatic carbocycles. The third-order valence-electron chi connectivity index (χ3n) is 5.89. The second kappa shape index (κ2) is 13.1. The van der Waals surface area contributed by atoms with Crippen LogP contribution in [0.2, 0.25) is 5.15 Å². The minimum absolute atomic E-state index is 0.0265. The number of H-pyrrole nitrogens is 1. The van der Waals surface area contributed by atoms with Crippen LogP contribution in [0.25, 0.3) is 0 Å². The van der Waals surface area contributed by atoms with Crippen LogP contribution in [0.15, 0.2) is 0 Å². The summed E-state index contributed by atoms with van der Waals surface area (Å²) in [5.74, 6) is -2.85. The van der Waals surface area contributed by atoms with Gasteiger partial charge in [-0.1, -0.05) is 36.8 Å². The molecule has 2 aromatic rings. The second-order valence-corrected chi connectivity index (χ2v) is 9.77. The number of aromatic amines is 1. The Balaban J connectivity index is 1.80. The molecule has 3 rings (SSSR count). The van der Waals surface area contributed by atoms with Crippen molar-refractivity contribution in [3.05, 3.63) is 27.2 Å². The van der Waals surface area contributed by atoms with E-state index in [0.29, 0.717) is 36.8 Å². The normalized spacial score (nSPS) is 17.6. The molecule has 12 nitrogen and oxygen atoms in total. The number of amides is 1. The first kappa shape index (κ1) is 28.7. The Kier molecular flexibility index (Phi) is 10.1. The number of piperidine rings is 1. The zero-order chi connectivity index (χ0) is 27.1. The molecular weight excluding hydrogens is 524 g/mol. The van der Waals surface area contributed by atoms with Crippen molar-refractivity contribution in [2.75, 3.05) is 44.9 Å². The lowest BCUT2D eigenvalue weighted by molar-refractivity contribution is 0.0248. The molecule has 0 bridgehead atoms. The molecule has 1 fully saturated rings. The van der Waals surface area contributed by atoms with Gasteiger partial charge in [-0.15, -0.1) is 0 Å². The first-order valence-corrected chi connectivity index (χ1v) is 13.2. The molecule has 2 atom stereocenters. The number of aromatic carboxylic acids is 1. The number of carbonyl (C=O) groups is 3. The molecule has 0 saturated carbocycles. The van der Waals surface area contributed by atoms with Gasteiger partial charge in [0.25, 0.3) is 5.91 Å². The predicted molar refractivity (Wildman–Crippen MR) is 139 cm³/mol. The number of anilines is 1. The molecule has 14 heteroatoms. The van der Waals surface area contributed by atoms with Crippen molar-refractivity contribution in [2.45, 2.75) is 39.2 Å². The zero-order valence-electron chi connectivity index (χ0n) is 20.9. The van der Waals surface area contributed by atoms with Crippen molar-refractivity contribution in [3.8, 4) is 0 Å². The number of hydrogen-bond acceptors (Lipinski definition) is 10. The van der Waals surface area contributed by atoms with E-state index in [-0.39, 0.29) is 47.0 Å². The highest BCUT2D eigenvalue weighted by Crippen LogP contribution is 2.32. The number of hydrogen-bond donors (Lipinski definition) is 4. The van der Waals surface area contributed by atoms with E-state index in [1.165, 1.54) is 7.11 Å². The Morgan fingerprint density at radius 1 is 1.30 bits per heavy atom. The number of aromatic nitrogens is 3. The summed E-state index contributed by atoms with van der Waals surface area (Å²) < 4.78 is 10.9. The first-order valence-electron chi connectivity index (χ1n) is 12.0. The van der Waals surface area contributed by atoms with E-state index in [1.54, 1.807) is 0 Å². The van der Waals surface area contributed by atoms with Crippen LogP contribution in [0.3, 0.4) is 0 Å². The maximum atomic E-state index is 13.0. The van der Waals surface area contributed by atoms with Crippen LogP contribution in [-0.2, 0) is 15.9 Å². The number of nitrogens with zero attached hydrogens (tertiary/aromatic N) is 3. The Bertz CT molecular complexity index is 1150. The van der Waals surface area contributed by atoms with Gasteiger partial charge in [0, 0.05) is 39.3 Å². The number of imidazole rings is 1. The summed E-state index contributed by atoms with van der Waals surface area (Å²) in [6.45, 7) is 5.43.